The van der Waals surface area contributed by atoms with Gasteiger partial charge in [0.15, 0.2) is 43.5 Å². The average Bonchev–Trinajstić information content (AvgIpc) is 4.14. The number of hydrogen-bond donors (Lipinski definition) is 14. The fraction of sp³-hybridized carbons (Fsp3) is 1.00. The van der Waals surface area contributed by atoms with Crippen LogP contribution in [-0.4, -0.2) is 264 Å². The lowest BCUT2D eigenvalue weighted by atomic mass is 9.46. The molecular weight excluding hydrogens is 1060 g/mol. The van der Waals surface area contributed by atoms with Crippen molar-refractivity contribution in [1.82, 2.24) is 0 Å². The summed E-state index contributed by atoms with van der Waals surface area (Å²) >= 11 is 0. The van der Waals surface area contributed by atoms with Gasteiger partial charge in [0.2, 0.25) is 0 Å². The van der Waals surface area contributed by atoms with Gasteiger partial charge < -0.3 is 128 Å². The molecule has 11 fully saturated rings. The Hall–Kier alpha value is -1.04. The number of ether oxygens (including phenoxy) is 12. The Kier molecular flexibility index (Phi) is 18.1. The second-order valence-corrected chi connectivity index (χ2v) is 25.6. The van der Waals surface area contributed by atoms with E-state index in [0.717, 1.165) is 58.0 Å². The third-order valence-corrected chi connectivity index (χ3v) is 21.1. The Morgan fingerprint density at radius 3 is 1.84 bits per heavy atom. The van der Waals surface area contributed by atoms with E-state index in [9.17, 15) is 71.5 Å². The molecule has 7 aliphatic heterocycles. The molecule has 26 heteroatoms. The standard InChI is InChI=1S/C54H88O26/c1-19-9-12-54(70-17-19)20(2)32-25-7-8-27-24(26(25)14-29(32)80-54)6-5-22-13-23(10-11-53(22,27)4)72-51-45(77-49-40(65)36(61)33(58)21(3)71-49)42(67)43(31(16-56)74-51)75-52-46(78-48-39(64)34(59)28(57)18-69-48)44(35(60)30(15-55)73-52)76-50-41(66)37(62)38(63)47(68)79-50/h19-52,55-68H,5-18H2,1-4H3/t19-,20+,21+,22+,23+,24+,25+,26+,27+,28-,29+,30-,31-,32-,33+,34+,35-,36-,37+,38+,39-,40-,41-,42+,43+,44+,45-,46-,47+,48+,49+,50-,51-,52+,53+,54-/m1/s1. The van der Waals surface area contributed by atoms with Crippen LogP contribution < -0.4 is 0 Å². The molecule has 0 radical (unpaired) electrons. The van der Waals surface area contributed by atoms with E-state index in [1.165, 1.54) is 6.92 Å². The topological polar surface area (TPSA) is 394 Å². The zero-order valence-electron chi connectivity index (χ0n) is 45.7. The van der Waals surface area contributed by atoms with Crippen LogP contribution in [0.25, 0.3) is 0 Å². The Balaban J connectivity index is 0.829. The van der Waals surface area contributed by atoms with Crippen molar-refractivity contribution in [2.45, 2.75) is 258 Å². The van der Waals surface area contributed by atoms with Gasteiger partial charge in [-0.05, 0) is 112 Å². The number of aliphatic hydroxyl groups is 14. The van der Waals surface area contributed by atoms with Gasteiger partial charge in [-0.25, -0.2) is 0 Å². The molecule has 4 aliphatic carbocycles. The SMILES string of the molecule is C[C@@H]1CC[C@@]2(OC1)O[C@H]1C[C@@H]3[C@H](CC[C@H]4[C@H]3CC[C@H]3C[C@@H](O[C@@H]5O[C@H](CO)[C@H](O[C@@H]6O[C@H](CO)[C@@H](O)[C@H](O[C@@H]7O[C@H](O)[C@@H](O)[C@H](O)[C@H]7O)[C@H]6O[C@@H]6OC[C@@H](O)[C@H](O)[C@H]6O)[C@H](O)[C@H]5O[C@@H]5O[C@@H](C)[C@H](O)[C@@H](O)[C@H]5O)CC[C@@]34C)[C@H]1[C@@H]2C. The second kappa shape index (κ2) is 23.9. The van der Waals surface area contributed by atoms with Gasteiger partial charge in [-0.15, -0.1) is 0 Å². The van der Waals surface area contributed by atoms with Gasteiger partial charge in [-0.3, -0.25) is 0 Å². The molecule has 0 aromatic carbocycles. The second-order valence-electron chi connectivity index (χ2n) is 25.6. The van der Waals surface area contributed by atoms with E-state index >= 15 is 0 Å². The van der Waals surface area contributed by atoms with Crippen LogP contribution in [0.1, 0.15) is 91.9 Å². The van der Waals surface area contributed by atoms with E-state index in [4.69, 9.17) is 56.8 Å². The van der Waals surface area contributed by atoms with Crippen LogP contribution in [0.3, 0.4) is 0 Å². The van der Waals surface area contributed by atoms with Crippen molar-refractivity contribution in [1.29, 1.82) is 0 Å². The van der Waals surface area contributed by atoms with Crippen LogP contribution in [-0.2, 0) is 56.8 Å². The molecule has 36 atom stereocenters. The van der Waals surface area contributed by atoms with Crippen LogP contribution in [0.5, 0.6) is 0 Å². The summed E-state index contributed by atoms with van der Waals surface area (Å²) in [6.45, 7) is 6.83. The molecule has 0 aromatic heterocycles. The highest BCUT2D eigenvalue weighted by atomic mass is 16.8. The maximum Gasteiger partial charge on any atom is 0.189 e. The largest absolute Gasteiger partial charge is 0.394 e. The van der Waals surface area contributed by atoms with E-state index in [1.807, 2.05) is 0 Å². The van der Waals surface area contributed by atoms with E-state index in [0.29, 0.717) is 54.3 Å². The van der Waals surface area contributed by atoms with E-state index in [1.54, 1.807) is 0 Å². The Bertz CT molecular complexity index is 2060. The molecule has 11 rings (SSSR count). The molecule has 80 heavy (non-hydrogen) atoms. The Morgan fingerprint density at radius 1 is 0.487 bits per heavy atom. The number of aliphatic hydroxyl groups excluding tert-OH is 14. The molecule has 460 valence electrons. The van der Waals surface area contributed by atoms with Gasteiger partial charge >= 0.3 is 0 Å². The van der Waals surface area contributed by atoms with E-state index in [2.05, 4.69) is 20.8 Å². The number of rotatable bonds is 12. The fourth-order valence-corrected chi connectivity index (χ4v) is 16.5. The van der Waals surface area contributed by atoms with Crippen molar-refractivity contribution in [3.63, 3.8) is 0 Å². The first kappa shape index (κ1) is 60.6. The molecule has 14 N–H and O–H groups in total. The van der Waals surface area contributed by atoms with Gasteiger partial charge in [0.25, 0.3) is 0 Å². The summed E-state index contributed by atoms with van der Waals surface area (Å²) in [7, 11) is 0. The van der Waals surface area contributed by atoms with Crippen molar-refractivity contribution >= 4 is 0 Å². The molecule has 7 saturated heterocycles. The fourth-order valence-electron chi connectivity index (χ4n) is 16.5. The molecule has 0 aromatic rings. The first-order valence-corrected chi connectivity index (χ1v) is 29.3. The summed E-state index contributed by atoms with van der Waals surface area (Å²) in [5, 5.41) is 152. The normalized spacial score (nSPS) is 58.1. The summed E-state index contributed by atoms with van der Waals surface area (Å²) < 4.78 is 74.1. The van der Waals surface area contributed by atoms with Crippen LogP contribution in [0.4, 0.5) is 0 Å². The zero-order valence-corrected chi connectivity index (χ0v) is 45.7. The highest BCUT2D eigenvalue weighted by molar-refractivity contribution is 5.12. The molecule has 0 bridgehead atoms. The lowest BCUT2D eigenvalue weighted by Gasteiger charge is -2.59. The maximum atomic E-state index is 12.6. The van der Waals surface area contributed by atoms with E-state index < -0.39 is 179 Å². The minimum atomic E-state index is -2.12. The molecular formula is C54H88O26. The predicted octanol–water partition coefficient (Wildman–Crippen LogP) is -3.85. The van der Waals surface area contributed by atoms with Crippen molar-refractivity contribution in [2.75, 3.05) is 26.4 Å². The Labute approximate surface area is 463 Å². The number of fused-ring (bicyclic) bond motifs is 7. The maximum absolute atomic E-state index is 12.6. The van der Waals surface area contributed by atoms with Crippen LogP contribution in [0.15, 0.2) is 0 Å². The van der Waals surface area contributed by atoms with Gasteiger partial charge in [0, 0.05) is 12.3 Å². The van der Waals surface area contributed by atoms with Crippen LogP contribution in [0, 0.1) is 52.8 Å². The highest BCUT2D eigenvalue weighted by Crippen LogP contribution is 2.67. The summed E-state index contributed by atoms with van der Waals surface area (Å²) in [6, 6.07) is 0. The third kappa shape index (κ3) is 10.8. The van der Waals surface area contributed by atoms with Crippen LogP contribution in [0.2, 0.25) is 0 Å². The van der Waals surface area contributed by atoms with Gasteiger partial charge in [-0.1, -0.05) is 20.8 Å². The lowest BCUT2D eigenvalue weighted by molar-refractivity contribution is -0.414. The third-order valence-electron chi connectivity index (χ3n) is 21.1. The van der Waals surface area contributed by atoms with Crippen molar-refractivity contribution in [2.24, 2.45) is 52.8 Å². The quantitative estimate of drug-likeness (QED) is 0.0832. The number of hydrogen-bond acceptors (Lipinski definition) is 26. The summed E-state index contributed by atoms with van der Waals surface area (Å²) in [4.78, 5) is 0. The highest BCUT2D eigenvalue weighted by Gasteiger charge is 2.66. The Morgan fingerprint density at radius 2 is 1.12 bits per heavy atom. The molecule has 7 heterocycles. The average molecular weight is 1150 g/mol. The van der Waals surface area contributed by atoms with E-state index in [-0.39, 0.29) is 17.4 Å². The first-order valence-electron chi connectivity index (χ1n) is 29.3. The lowest BCUT2D eigenvalue weighted by Crippen LogP contribution is -2.69. The summed E-state index contributed by atoms with van der Waals surface area (Å²) in [6.07, 6.45) is -34.0. The molecule has 0 amide bonds. The first-order chi connectivity index (χ1) is 38.1. The summed E-state index contributed by atoms with van der Waals surface area (Å²) in [5.41, 5.74) is 0.0170. The molecule has 26 nitrogen and oxygen atoms in total. The zero-order chi connectivity index (χ0) is 57.0. The molecule has 11 aliphatic rings. The van der Waals surface area contributed by atoms with Crippen molar-refractivity contribution in [3.8, 4) is 0 Å². The van der Waals surface area contributed by atoms with Gasteiger partial charge in [-0.2, -0.15) is 0 Å². The smallest absolute Gasteiger partial charge is 0.189 e. The van der Waals surface area contributed by atoms with Gasteiger partial charge in [0.1, 0.15) is 104 Å². The van der Waals surface area contributed by atoms with Crippen LogP contribution >= 0.6 is 0 Å². The monoisotopic (exact) mass is 1150 g/mol. The molecule has 1 spiro atoms. The van der Waals surface area contributed by atoms with Crippen molar-refractivity contribution < 1.29 is 128 Å². The molecule has 4 saturated carbocycles. The molecule has 0 unspecified atom stereocenters. The van der Waals surface area contributed by atoms with Crippen molar-refractivity contribution in [3.05, 3.63) is 0 Å². The predicted molar refractivity (Wildman–Crippen MR) is 264 cm³/mol. The minimum absolute atomic E-state index is 0.0170. The minimum Gasteiger partial charge on any atom is -0.394 e. The summed E-state index contributed by atoms with van der Waals surface area (Å²) in [5.74, 6) is 3.46. The van der Waals surface area contributed by atoms with Gasteiger partial charge in [0.05, 0.1) is 44.7 Å².